The number of amides is 1. The number of hydrogen-bond acceptors (Lipinski definition) is 7. The number of carbonyl (C=O) groups excluding carboxylic acids is 1. The molecule has 0 aromatic carbocycles. The van der Waals surface area contributed by atoms with Crippen LogP contribution in [0.4, 0.5) is 17.2 Å². The van der Waals surface area contributed by atoms with Gasteiger partial charge in [0.1, 0.15) is 17.7 Å². The van der Waals surface area contributed by atoms with Crippen molar-refractivity contribution in [3.8, 4) is 0 Å². The lowest BCUT2D eigenvalue weighted by atomic mass is 9.96. The van der Waals surface area contributed by atoms with Crippen molar-refractivity contribution in [3.63, 3.8) is 0 Å². The number of hydrogen-bond donors (Lipinski definition) is 3. The largest absolute Gasteiger partial charge is 0.381 e. The number of piperidine rings is 1. The zero-order chi connectivity index (χ0) is 20.8. The Hall–Kier alpha value is -3.69. The van der Waals surface area contributed by atoms with Crippen molar-refractivity contribution in [2.45, 2.75) is 43.8 Å². The van der Waals surface area contributed by atoms with E-state index in [9.17, 15) is 14.9 Å². The minimum Gasteiger partial charge on any atom is -0.381 e. The molecule has 0 spiro atoms. The SMILES string of the molecule is NC(=O)c1cnc2[nH]ccc2c1NC1CC2CCC(C1)N2c1ccc([N+](=O)[O-])cn1. The number of H-pyrrole nitrogens is 1. The number of nitrogens with two attached hydrogens (primary N) is 1. The second-order valence-electron chi connectivity index (χ2n) is 7.89. The van der Waals surface area contributed by atoms with Crippen LogP contribution < -0.4 is 16.0 Å². The Morgan fingerprint density at radius 1 is 1.20 bits per heavy atom. The van der Waals surface area contributed by atoms with Crippen LogP contribution in [-0.2, 0) is 0 Å². The quantitative estimate of drug-likeness (QED) is 0.435. The lowest BCUT2D eigenvalue weighted by Crippen LogP contribution is -2.47. The molecule has 2 atom stereocenters. The number of nitrogens with zero attached hydrogens (tertiary/aromatic N) is 4. The summed E-state index contributed by atoms with van der Waals surface area (Å²) in [6, 6.07) is 5.88. The first kappa shape index (κ1) is 18.3. The predicted octanol–water partition coefficient (Wildman–Crippen LogP) is 2.58. The van der Waals surface area contributed by atoms with Crippen molar-refractivity contribution < 1.29 is 9.72 Å². The van der Waals surface area contributed by atoms with E-state index in [1.165, 1.54) is 18.5 Å². The molecule has 10 heteroatoms. The Bertz CT molecular complexity index is 1110. The Morgan fingerprint density at radius 2 is 1.97 bits per heavy atom. The summed E-state index contributed by atoms with van der Waals surface area (Å²) in [5, 5.41) is 15.3. The number of rotatable bonds is 5. The molecule has 3 aromatic heterocycles. The topological polar surface area (TPSA) is 143 Å². The van der Waals surface area contributed by atoms with Crippen molar-refractivity contribution >= 4 is 34.1 Å². The van der Waals surface area contributed by atoms with Crippen LogP contribution >= 0.6 is 0 Å². The normalized spacial score (nSPS) is 22.9. The number of fused-ring (bicyclic) bond motifs is 3. The summed E-state index contributed by atoms with van der Waals surface area (Å²) in [5.74, 6) is 0.268. The summed E-state index contributed by atoms with van der Waals surface area (Å²) in [5.41, 5.74) is 7.39. The van der Waals surface area contributed by atoms with E-state index >= 15 is 0 Å². The highest BCUT2D eigenvalue weighted by atomic mass is 16.6. The van der Waals surface area contributed by atoms with E-state index in [0.717, 1.165) is 42.6 Å². The first-order valence-corrected chi connectivity index (χ1v) is 9.92. The Balaban J connectivity index is 1.39. The molecule has 2 fully saturated rings. The molecule has 154 valence electrons. The number of nitrogens with one attached hydrogen (secondary N) is 2. The molecule has 0 aliphatic carbocycles. The van der Waals surface area contributed by atoms with Gasteiger partial charge >= 0.3 is 0 Å². The monoisotopic (exact) mass is 407 g/mol. The number of aromatic amines is 1. The van der Waals surface area contributed by atoms with Gasteiger partial charge in [-0.1, -0.05) is 0 Å². The van der Waals surface area contributed by atoms with Crippen molar-refractivity contribution in [2.75, 3.05) is 10.2 Å². The molecule has 4 N–H and O–H groups in total. The molecule has 2 unspecified atom stereocenters. The second kappa shape index (κ2) is 6.97. The van der Waals surface area contributed by atoms with Gasteiger partial charge < -0.3 is 20.9 Å². The average Bonchev–Trinajstić information content (AvgIpc) is 3.31. The summed E-state index contributed by atoms with van der Waals surface area (Å²) in [6.45, 7) is 0. The van der Waals surface area contributed by atoms with E-state index in [4.69, 9.17) is 5.73 Å². The molecule has 30 heavy (non-hydrogen) atoms. The van der Waals surface area contributed by atoms with Crippen LogP contribution in [0.15, 0.2) is 36.8 Å². The molecular weight excluding hydrogens is 386 g/mol. The maximum Gasteiger partial charge on any atom is 0.287 e. The standard InChI is InChI=1S/C20H21N7O3/c21-19(28)16-10-24-20-15(5-6-22-20)18(16)25-11-7-12-1-2-13(8-11)26(12)17-4-3-14(9-23-17)27(29)30/h3-6,9-13H,1-2,7-8H2,(H2,21,28)(H2,22,24,25). The zero-order valence-electron chi connectivity index (χ0n) is 16.1. The summed E-state index contributed by atoms with van der Waals surface area (Å²) in [6.07, 6.45) is 8.45. The van der Waals surface area contributed by atoms with Gasteiger partial charge in [-0.05, 0) is 37.8 Å². The van der Waals surface area contributed by atoms with Crippen molar-refractivity contribution in [1.82, 2.24) is 15.0 Å². The number of pyridine rings is 2. The minimum atomic E-state index is -0.511. The van der Waals surface area contributed by atoms with Crippen LogP contribution in [0.2, 0.25) is 0 Å². The van der Waals surface area contributed by atoms with Gasteiger partial charge in [-0.25, -0.2) is 9.97 Å². The molecule has 2 aliphatic rings. The molecule has 10 nitrogen and oxygen atoms in total. The highest BCUT2D eigenvalue weighted by molar-refractivity contribution is 6.06. The molecule has 5 rings (SSSR count). The molecule has 0 radical (unpaired) electrons. The van der Waals surface area contributed by atoms with Gasteiger partial charge in [0.05, 0.1) is 16.2 Å². The Labute approximate surface area is 171 Å². The van der Waals surface area contributed by atoms with Gasteiger partial charge in [0.15, 0.2) is 0 Å². The van der Waals surface area contributed by atoms with Crippen LogP contribution in [0, 0.1) is 10.1 Å². The number of anilines is 2. The van der Waals surface area contributed by atoms with Crippen LogP contribution in [0.5, 0.6) is 0 Å². The summed E-state index contributed by atoms with van der Waals surface area (Å²) in [7, 11) is 0. The number of carbonyl (C=O) groups is 1. The molecule has 2 saturated heterocycles. The fourth-order valence-electron chi connectivity index (χ4n) is 4.86. The lowest BCUT2D eigenvalue weighted by Gasteiger charge is -2.40. The molecule has 5 heterocycles. The highest BCUT2D eigenvalue weighted by Gasteiger charge is 2.41. The minimum absolute atomic E-state index is 0.00478. The fourth-order valence-corrected chi connectivity index (χ4v) is 4.86. The maximum atomic E-state index is 12.0. The number of nitro groups is 1. The van der Waals surface area contributed by atoms with Gasteiger partial charge in [0, 0.05) is 42.0 Å². The Morgan fingerprint density at radius 3 is 2.60 bits per heavy atom. The van der Waals surface area contributed by atoms with Gasteiger partial charge in [0.25, 0.3) is 11.6 Å². The van der Waals surface area contributed by atoms with Crippen LogP contribution in [0.25, 0.3) is 11.0 Å². The van der Waals surface area contributed by atoms with Gasteiger partial charge in [-0.2, -0.15) is 0 Å². The second-order valence-corrected chi connectivity index (χ2v) is 7.89. The van der Waals surface area contributed by atoms with E-state index in [-0.39, 0.29) is 23.8 Å². The molecular formula is C20H21N7O3. The van der Waals surface area contributed by atoms with E-state index in [2.05, 4.69) is 25.2 Å². The van der Waals surface area contributed by atoms with Gasteiger partial charge in [-0.15, -0.1) is 0 Å². The van der Waals surface area contributed by atoms with Crippen LogP contribution in [0.1, 0.15) is 36.0 Å². The first-order chi connectivity index (χ1) is 14.5. The smallest absolute Gasteiger partial charge is 0.287 e. The lowest BCUT2D eigenvalue weighted by molar-refractivity contribution is -0.385. The van der Waals surface area contributed by atoms with Crippen LogP contribution in [0.3, 0.4) is 0 Å². The van der Waals surface area contributed by atoms with Crippen molar-refractivity contribution in [1.29, 1.82) is 0 Å². The predicted molar refractivity (Wildman–Crippen MR) is 111 cm³/mol. The molecule has 2 bridgehead atoms. The van der Waals surface area contributed by atoms with E-state index in [1.54, 1.807) is 12.3 Å². The third-order valence-electron chi connectivity index (χ3n) is 6.14. The summed E-state index contributed by atoms with van der Waals surface area (Å²) in [4.78, 5) is 36.4. The van der Waals surface area contributed by atoms with E-state index in [1.807, 2.05) is 6.07 Å². The molecule has 3 aromatic rings. The van der Waals surface area contributed by atoms with Gasteiger partial charge in [-0.3, -0.25) is 14.9 Å². The fraction of sp³-hybridized carbons (Fsp3) is 0.350. The van der Waals surface area contributed by atoms with Crippen molar-refractivity contribution in [2.24, 2.45) is 5.73 Å². The molecule has 2 aliphatic heterocycles. The van der Waals surface area contributed by atoms with E-state index < -0.39 is 10.8 Å². The zero-order valence-corrected chi connectivity index (χ0v) is 16.1. The first-order valence-electron chi connectivity index (χ1n) is 9.92. The third-order valence-corrected chi connectivity index (χ3v) is 6.14. The third kappa shape index (κ3) is 3.00. The van der Waals surface area contributed by atoms with E-state index in [0.29, 0.717) is 11.2 Å². The van der Waals surface area contributed by atoms with Gasteiger partial charge in [0.2, 0.25) is 0 Å². The summed E-state index contributed by atoms with van der Waals surface area (Å²) >= 11 is 0. The van der Waals surface area contributed by atoms with Crippen LogP contribution in [-0.4, -0.2) is 43.9 Å². The average molecular weight is 407 g/mol. The van der Waals surface area contributed by atoms with Crippen molar-refractivity contribution in [3.05, 3.63) is 52.5 Å². The maximum absolute atomic E-state index is 12.0. The molecule has 0 saturated carbocycles. The number of primary amides is 1. The number of aromatic nitrogens is 3. The summed E-state index contributed by atoms with van der Waals surface area (Å²) < 4.78 is 0. The molecule has 1 amide bonds. The highest BCUT2D eigenvalue weighted by Crippen LogP contribution is 2.40. The Kier molecular flexibility index (Phi) is 4.27.